The quantitative estimate of drug-likeness (QED) is 0.297. The van der Waals surface area contributed by atoms with Crippen LogP contribution in [-0.2, 0) is 10.5 Å². The summed E-state index contributed by atoms with van der Waals surface area (Å²) in [4.78, 5) is 34.9. The number of aromatic nitrogens is 2. The minimum absolute atomic E-state index is 0.0138. The van der Waals surface area contributed by atoms with Gasteiger partial charge < -0.3 is 19.8 Å². The molecule has 0 fully saturated rings. The zero-order valence-electron chi connectivity index (χ0n) is 21.1. The molecule has 0 radical (unpaired) electrons. The van der Waals surface area contributed by atoms with E-state index in [4.69, 9.17) is 26.1 Å². The Morgan fingerprint density at radius 1 is 1.08 bits per heavy atom. The molecule has 0 spiro atoms. The average Bonchev–Trinajstić information content (AvgIpc) is 2.85. The number of hydrogen-bond acceptors (Lipinski definition) is 7. The van der Waals surface area contributed by atoms with Gasteiger partial charge in [-0.1, -0.05) is 61.5 Å². The van der Waals surface area contributed by atoms with Crippen LogP contribution in [0.15, 0.2) is 63.7 Å². The van der Waals surface area contributed by atoms with Gasteiger partial charge in [-0.15, -0.1) is 0 Å². The first-order valence-corrected chi connectivity index (χ1v) is 13.3. The zero-order valence-corrected chi connectivity index (χ0v) is 22.7. The topological polar surface area (TPSA) is 93.3 Å². The monoisotopic (exact) mass is 537 g/mol. The van der Waals surface area contributed by atoms with E-state index in [2.05, 4.69) is 24.1 Å². The molecule has 0 saturated carbocycles. The highest BCUT2D eigenvalue weighted by atomic mass is 35.5. The molecule has 1 aliphatic carbocycles. The predicted molar refractivity (Wildman–Crippen MR) is 146 cm³/mol. The maximum atomic E-state index is 13.6. The summed E-state index contributed by atoms with van der Waals surface area (Å²) in [6.45, 7) is 4.15. The Balaban J connectivity index is 1.63. The van der Waals surface area contributed by atoms with Gasteiger partial charge in [0, 0.05) is 34.0 Å². The predicted octanol–water partition coefficient (Wildman–Crippen LogP) is 5.93. The van der Waals surface area contributed by atoms with Crippen LogP contribution in [0.1, 0.15) is 49.3 Å². The van der Waals surface area contributed by atoms with E-state index < -0.39 is 5.92 Å². The van der Waals surface area contributed by atoms with E-state index >= 15 is 0 Å². The maximum absolute atomic E-state index is 13.6. The number of para-hydroxylation sites is 1. The van der Waals surface area contributed by atoms with Crippen LogP contribution in [0.2, 0.25) is 5.02 Å². The summed E-state index contributed by atoms with van der Waals surface area (Å²) in [6, 6.07) is 13.1. The number of anilines is 1. The number of rotatable bonds is 6. The smallest absolute Gasteiger partial charge is 0.257 e. The number of carbonyl (C=O) groups excluding carboxylic acids is 1. The zero-order chi connectivity index (χ0) is 26.3. The van der Waals surface area contributed by atoms with Crippen molar-refractivity contribution in [2.24, 2.45) is 5.41 Å². The number of carbonyl (C=O) groups is 1. The number of allylic oxidation sites excluding steroid dienone is 2. The third kappa shape index (κ3) is 4.88. The molecule has 3 aromatic rings. The van der Waals surface area contributed by atoms with Gasteiger partial charge in [-0.25, -0.2) is 4.98 Å². The first kappa shape index (κ1) is 25.4. The molecule has 5 rings (SSSR count). The Morgan fingerprint density at radius 3 is 2.54 bits per heavy atom. The summed E-state index contributed by atoms with van der Waals surface area (Å²) in [5, 5.41) is 4.53. The van der Waals surface area contributed by atoms with Crippen molar-refractivity contribution < 1.29 is 14.3 Å². The molecule has 2 N–H and O–H groups in total. The van der Waals surface area contributed by atoms with Gasteiger partial charge in [-0.05, 0) is 35.6 Å². The maximum Gasteiger partial charge on any atom is 0.257 e. The molecule has 0 amide bonds. The molecule has 1 aromatic heterocycles. The Hall–Kier alpha value is -3.23. The van der Waals surface area contributed by atoms with Gasteiger partial charge in [-0.3, -0.25) is 9.59 Å². The van der Waals surface area contributed by atoms with Gasteiger partial charge >= 0.3 is 0 Å². The van der Waals surface area contributed by atoms with Crippen molar-refractivity contribution >= 4 is 35.0 Å². The van der Waals surface area contributed by atoms with Crippen LogP contribution < -0.4 is 20.3 Å². The minimum atomic E-state index is -0.633. The highest BCUT2D eigenvalue weighted by Crippen LogP contribution is 2.50. The Labute approximate surface area is 224 Å². The molecule has 0 saturated heterocycles. The van der Waals surface area contributed by atoms with Gasteiger partial charge in [0.2, 0.25) is 0 Å². The third-order valence-electron chi connectivity index (χ3n) is 6.73. The molecule has 37 heavy (non-hydrogen) atoms. The summed E-state index contributed by atoms with van der Waals surface area (Å²) in [5.74, 6) is 1.48. The second-order valence-electron chi connectivity index (χ2n) is 10.0. The number of fused-ring (bicyclic) bond motifs is 1. The third-order valence-corrected chi connectivity index (χ3v) is 7.93. The Morgan fingerprint density at radius 2 is 1.84 bits per heavy atom. The normalized spacial score (nSPS) is 18.1. The number of methoxy groups -OCH3 is 2. The molecule has 1 atom stereocenters. The van der Waals surface area contributed by atoms with Crippen LogP contribution >= 0.6 is 23.4 Å². The van der Waals surface area contributed by atoms with Crippen molar-refractivity contribution in [3.05, 3.63) is 85.8 Å². The fourth-order valence-corrected chi connectivity index (χ4v) is 6.09. The van der Waals surface area contributed by atoms with E-state index in [1.54, 1.807) is 20.3 Å². The van der Waals surface area contributed by atoms with Gasteiger partial charge in [-0.2, -0.15) is 0 Å². The summed E-state index contributed by atoms with van der Waals surface area (Å²) >= 11 is 7.43. The van der Waals surface area contributed by atoms with Crippen molar-refractivity contribution in [2.45, 2.75) is 43.5 Å². The molecule has 2 aliphatic rings. The SMILES string of the molecule is COc1cccc([C@@H]2C3=C(CC(C)(C)CC3=O)Nc3nc(SCc4ccc(Cl)cc4)[nH]c(=O)c32)c1OC. The number of ether oxygens (including phenoxy) is 2. The van der Waals surface area contributed by atoms with Crippen LogP contribution in [0.3, 0.4) is 0 Å². The van der Waals surface area contributed by atoms with Crippen LogP contribution in [-0.4, -0.2) is 30.0 Å². The Bertz CT molecular complexity index is 1460. The second kappa shape index (κ2) is 9.91. The first-order chi connectivity index (χ1) is 17.7. The summed E-state index contributed by atoms with van der Waals surface area (Å²) in [5.41, 5.74) is 3.04. The number of thioether (sulfide) groups is 1. The van der Waals surface area contributed by atoms with Gasteiger partial charge in [0.1, 0.15) is 5.82 Å². The van der Waals surface area contributed by atoms with E-state index in [1.807, 2.05) is 36.4 Å². The number of aromatic amines is 1. The van der Waals surface area contributed by atoms with Crippen LogP contribution in [0.5, 0.6) is 11.5 Å². The lowest BCUT2D eigenvalue weighted by atomic mass is 9.69. The highest BCUT2D eigenvalue weighted by Gasteiger charge is 2.43. The molecule has 2 aromatic carbocycles. The number of benzene rings is 2. The van der Waals surface area contributed by atoms with Crippen LogP contribution in [0.4, 0.5) is 5.82 Å². The molecule has 0 bridgehead atoms. The van der Waals surface area contributed by atoms with E-state index in [-0.39, 0.29) is 16.8 Å². The van der Waals surface area contributed by atoms with Crippen LogP contribution in [0.25, 0.3) is 0 Å². The molecule has 1 aliphatic heterocycles. The molecule has 7 nitrogen and oxygen atoms in total. The lowest BCUT2D eigenvalue weighted by Gasteiger charge is -2.38. The van der Waals surface area contributed by atoms with Crippen molar-refractivity contribution in [1.29, 1.82) is 0 Å². The molecule has 2 heterocycles. The molecular formula is C28H28ClN3O4S. The van der Waals surface area contributed by atoms with Gasteiger partial charge in [0.25, 0.3) is 5.56 Å². The minimum Gasteiger partial charge on any atom is -0.493 e. The summed E-state index contributed by atoms with van der Waals surface area (Å²) in [7, 11) is 3.12. The van der Waals surface area contributed by atoms with E-state index in [9.17, 15) is 9.59 Å². The number of Topliss-reactive ketones (excluding diaryl/α,β-unsaturated/α-hetero) is 1. The number of hydrogen-bond donors (Lipinski definition) is 2. The van der Waals surface area contributed by atoms with Crippen molar-refractivity contribution in [2.75, 3.05) is 19.5 Å². The Kier molecular flexibility index (Phi) is 6.81. The number of nitrogens with one attached hydrogen (secondary N) is 2. The fourth-order valence-electron chi connectivity index (χ4n) is 5.14. The average molecular weight is 538 g/mol. The van der Waals surface area contributed by atoms with Crippen LogP contribution in [0, 0.1) is 5.41 Å². The van der Waals surface area contributed by atoms with Crippen molar-refractivity contribution in [3.8, 4) is 11.5 Å². The number of halogens is 1. The van der Waals surface area contributed by atoms with Crippen molar-refractivity contribution in [1.82, 2.24) is 9.97 Å². The standard InChI is InChI=1S/C28H28ClN3O4S/c1-28(2)12-18-22(19(33)13-28)21(17-6-5-7-20(35-3)24(17)36-4)23-25(30-18)31-27(32-26(23)34)37-14-15-8-10-16(29)11-9-15/h5-11,21H,12-14H2,1-4H3,(H2,30,31,32,34)/t21-/m1/s1. The largest absolute Gasteiger partial charge is 0.493 e. The molecule has 9 heteroatoms. The number of H-pyrrole nitrogens is 1. The second-order valence-corrected chi connectivity index (χ2v) is 11.4. The molecule has 192 valence electrons. The number of ketones is 1. The lowest BCUT2D eigenvalue weighted by molar-refractivity contribution is -0.118. The van der Waals surface area contributed by atoms with Crippen molar-refractivity contribution in [3.63, 3.8) is 0 Å². The molecular weight excluding hydrogens is 510 g/mol. The van der Waals surface area contributed by atoms with Gasteiger partial charge in [0.15, 0.2) is 22.4 Å². The van der Waals surface area contributed by atoms with E-state index in [0.717, 1.165) is 11.3 Å². The van der Waals surface area contributed by atoms with E-state index in [1.165, 1.54) is 11.8 Å². The fraction of sp³-hybridized carbons (Fsp3) is 0.321. The summed E-state index contributed by atoms with van der Waals surface area (Å²) in [6.07, 6.45) is 1.06. The van der Waals surface area contributed by atoms with E-state index in [0.29, 0.717) is 62.8 Å². The molecule has 0 unspecified atom stereocenters. The highest BCUT2D eigenvalue weighted by molar-refractivity contribution is 7.98. The first-order valence-electron chi connectivity index (χ1n) is 12.0. The lowest BCUT2D eigenvalue weighted by Crippen LogP contribution is -2.37. The number of nitrogens with zero attached hydrogens (tertiary/aromatic N) is 1. The summed E-state index contributed by atoms with van der Waals surface area (Å²) < 4.78 is 11.3. The van der Waals surface area contributed by atoms with Gasteiger partial charge in [0.05, 0.1) is 25.7 Å².